The molecular formula is C19H26N2O4S. The predicted molar refractivity (Wildman–Crippen MR) is 103 cm³/mol. The van der Waals surface area contributed by atoms with Gasteiger partial charge in [-0.1, -0.05) is 13.0 Å². The molecule has 1 aliphatic rings. The van der Waals surface area contributed by atoms with Crippen molar-refractivity contribution in [3.8, 4) is 5.75 Å². The number of piperidine rings is 1. The van der Waals surface area contributed by atoms with Gasteiger partial charge in [0.2, 0.25) is 0 Å². The van der Waals surface area contributed by atoms with Crippen LogP contribution >= 0.6 is 12.2 Å². The number of nitrogens with one attached hydrogen (secondary N) is 1. The third-order valence-corrected chi connectivity index (χ3v) is 4.55. The van der Waals surface area contributed by atoms with E-state index < -0.39 is 0 Å². The van der Waals surface area contributed by atoms with Gasteiger partial charge < -0.3 is 14.4 Å². The zero-order chi connectivity index (χ0) is 18.9. The number of rotatable bonds is 6. The van der Waals surface area contributed by atoms with Crippen molar-refractivity contribution in [3.63, 3.8) is 0 Å². The Bertz CT molecular complexity index is 642. The average Bonchev–Trinajstić information content (AvgIpc) is 2.66. The number of nitrogens with zero attached hydrogens (tertiary/aromatic N) is 1. The first-order valence-corrected chi connectivity index (χ1v) is 9.45. The molecule has 2 rings (SSSR count). The van der Waals surface area contributed by atoms with Crippen molar-refractivity contribution in [3.05, 3.63) is 29.8 Å². The van der Waals surface area contributed by atoms with E-state index in [-0.39, 0.29) is 17.8 Å². The van der Waals surface area contributed by atoms with E-state index in [1.807, 2.05) is 17.9 Å². The summed E-state index contributed by atoms with van der Waals surface area (Å²) in [6.07, 6.45) is 2.26. The molecule has 0 aromatic heterocycles. The van der Waals surface area contributed by atoms with Crippen molar-refractivity contribution in [2.45, 2.75) is 33.1 Å². The van der Waals surface area contributed by atoms with Crippen LogP contribution in [0, 0.1) is 5.92 Å². The van der Waals surface area contributed by atoms with Crippen molar-refractivity contribution >= 4 is 29.2 Å². The molecule has 1 aliphatic heterocycles. The minimum absolute atomic E-state index is 0.0860. The first-order valence-electron chi connectivity index (χ1n) is 9.04. The van der Waals surface area contributed by atoms with Crippen molar-refractivity contribution in [1.82, 2.24) is 10.2 Å². The molecule has 1 aromatic carbocycles. The van der Waals surface area contributed by atoms with Crippen LogP contribution in [-0.2, 0) is 9.53 Å². The molecule has 0 saturated carbocycles. The minimum atomic E-state index is -0.260. The van der Waals surface area contributed by atoms with E-state index >= 15 is 0 Å². The van der Waals surface area contributed by atoms with Crippen LogP contribution < -0.4 is 10.1 Å². The third-order valence-electron chi connectivity index (χ3n) is 4.19. The van der Waals surface area contributed by atoms with Gasteiger partial charge in [-0.25, -0.2) is 0 Å². The maximum Gasteiger partial charge on any atom is 0.309 e. The van der Waals surface area contributed by atoms with Gasteiger partial charge in [-0.3, -0.25) is 14.9 Å². The highest BCUT2D eigenvalue weighted by Crippen LogP contribution is 2.19. The number of carbonyl (C=O) groups is 2. The molecule has 1 fully saturated rings. The Morgan fingerprint density at radius 2 is 2.00 bits per heavy atom. The monoisotopic (exact) mass is 378 g/mol. The fraction of sp³-hybridized carbons (Fsp3) is 0.526. The molecule has 0 radical (unpaired) electrons. The van der Waals surface area contributed by atoms with Crippen LogP contribution in [0.2, 0.25) is 0 Å². The van der Waals surface area contributed by atoms with Gasteiger partial charge in [-0.05, 0) is 56.6 Å². The molecule has 1 aromatic rings. The van der Waals surface area contributed by atoms with Gasteiger partial charge >= 0.3 is 5.97 Å². The Kier molecular flexibility index (Phi) is 7.84. The maximum absolute atomic E-state index is 12.4. The minimum Gasteiger partial charge on any atom is -0.494 e. The quantitative estimate of drug-likeness (QED) is 0.606. The molecule has 1 saturated heterocycles. The molecule has 0 bridgehead atoms. The number of likely N-dealkylation sites (tertiary alicyclic amines) is 1. The number of ether oxygens (including phenoxy) is 2. The average molecular weight is 378 g/mol. The molecular weight excluding hydrogens is 352 g/mol. The highest BCUT2D eigenvalue weighted by atomic mass is 32.1. The largest absolute Gasteiger partial charge is 0.494 e. The van der Waals surface area contributed by atoms with Crippen molar-refractivity contribution < 1.29 is 19.1 Å². The number of hydrogen-bond donors (Lipinski definition) is 1. The van der Waals surface area contributed by atoms with Gasteiger partial charge in [0.05, 0.1) is 19.1 Å². The fourth-order valence-electron chi connectivity index (χ4n) is 2.77. The van der Waals surface area contributed by atoms with Crippen LogP contribution in [0.4, 0.5) is 0 Å². The summed E-state index contributed by atoms with van der Waals surface area (Å²) in [5.41, 5.74) is 0.502. The third kappa shape index (κ3) is 5.69. The van der Waals surface area contributed by atoms with Crippen LogP contribution in [0.5, 0.6) is 5.75 Å². The Balaban J connectivity index is 1.86. The molecule has 6 nitrogen and oxygen atoms in total. The number of benzene rings is 1. The molecule has 0 aliphatic carbocycles. The molecule has 142 valence electrons. The summed E-state index contributed by atoms with van der Waals surface area (Å²) in [5, 5.41) is 3.15. The Morgan fingerprint density at radius 1 is 1.27 bits per heavy atom. The molecule has 26 heavy (non-hydrogen) atoms. The zero-order valence-electron chi connectivity index (χ0n) is 15.3. The molecule has 0 atom stereocenters. The number of esters is 1. The van der Waals surface area contributed by atoms with Gasteiger partial charge in [0.15, 0.2) is 5.11 Å². The standard InChI is InChI=1S/C19H26N2O4S/c1-3-12-25-16-7-5-6-15(13-16)17(22)20-19(26)21-10-8-14(9-11-21)18(23)24-4-2/h5-7,13-14H,3-4,8-12H2,1-2H3,(H,20,22,26). The van der Waals surface area contributed by atoms with Crippen LogP contribution in [0.25, 0.3) is 0 Å². The van der Waals surface area contributed by atoms with E-state index in [9.17, 15) is 9.59 Å². The summed E-state index contributed by atoms with van der Waals surface area (Å²) in [6, 6.07) is 7.04. The fourth-order valence-corrected chi connectivity index (χ4v) is 3.05. The highest BCUT2D eigenvalue weighted by Gasteiger charge is 2.27. The smallest absolute Gasteiger partial charge is 0.309 e. The number of amides is 1. The normalized spacial score (nSPS) is 14.6. The van der Waals surface area contributed by atoms with E-state index in [1.165, 1.54) is 0 Å². The topological polar surface area (TPSA) is 67.9 Å². The molecule has 7 heteroatoms. The Labute approximate surface area is 159 Å². The van der Waals surface area contributed by atoms with Crippen LogP contribution in [0.3, 0.4) is 0 Å². The lowest BCUT2D eigenvalue weighted by atomic mass is 9.97. The summed E-state index contributed by atoms with van der Waals surface area (Å²) in [4.78, 5) is 26.1. The maximum atomic E-state index is 12.4. The molecule has 0 unspecified atom stereocenters. The number of hydrogen-bond acceptors (Lipinski definition) is 5. The van der Waals surface area contributed by atoms with E-state index in [4.69, 9.17) is 21.7 Å². The Morgan fingerprint density at radius 3 is 2.65 bits per heavy atom. The highest BCUT2D eigenvalue weighted by molar-refractivity contribution is 7.80. The summed E-state index contributed by atoms with van der Waals surface area (Å²) in [7, 11) is 0. The summed E-state index contributed by atoms with van der Waals surface area (Å²) in [6.45, 7) is 6.10. The van der Waals surface area contributed by atoms with Crippen molar-refractivity contribution in [2.24, 2.45) is 5.92 Å². The van der Waals surface area contributed by atoms with Gasteiger partial charge in [0.25, 0.3) is 5.91 Å². The van der Waals surface area contributed by atoms with Gasteiger partial charge in [-0.15, -0.1) is 0 Å². The van der Waals surface area contributed by atoms with Crippen LogP contribution in [0.15, 0.2) is 24.3 Å². The lowest BCUT2D eigenvalue weighted by Crippen LogP contribution is -2.47. The van der Waals surface area contributed by atoms with Crippen LogP contribution in [0.1, 0.15) is 43.5 Å². The first-order chi connectivity index (χ1) is 12.5. The van der Waals surface area contributed by atoms with Crippen LogP contribution in [-0.4, -0.2) is 48.2 Å². The lowest BCUT2D eigenvalue weighted by Gasteiger charge is -2.32. The second-order valence-electron chi connectivity index (χ2n) is 6.15. The van der Waals surface area contributed by atoms with Crippen molar-refractivity contribution in [2.75, 3.05) is 26.3 Å². The molecule has 0 spiro atoms. The van der Waals surface area contributed by atoms with E-state index in [2.05, 4.69) is 5.32 Å². The van der Waals surface area contributed by atoms with Gasteiger partial charge in [0.1, 0.15) is 5.75 Å². The molecule has 1 heterocycles. The number of carbonyl (C=O) groups excluding carboxylic acids is 2. The van der Waals surface area contributed by atoms with E-state index in [0.717, 1.165) is 6.42 Å². The van der Waals surface area contributed by atoms with Crippen molar-refractivity contribution in [1.29, 1.82) is 0 Å². The summed E-state index contributed by atoms with van der Waals surface area (Å²) >= 11 is 5.36. The lowest BCUT2D eigenvalue weighted by molar-refractivity contribution is -0.149. The SMILES string of the molecule is CCCOc1cccc(C(=O)NC(=S)N2CCC(C(=O)OCC)CC2)c1. The summed E-state index contributed by atoms with van der Waals surface area (Å²) in [5.74, 6) is 0.174. The van der Waals surface area contributed by atoms with Gasteiger partial charge in [-0.2, -0.15) is 0 Å². The predicted octanol–water partition coefficient (Wildman–Crippen LogP) is 2.77. The first kappa shape index (κ1) is 20.2. The van der Waals surface area contributed by atoms with E-state index in [1.54, 1.807) is 25.1 Å². The molecule has 1 amide bonds. The second kappa shape index (κ2) is 10.1. The zero-order valence-corrected chi connectivity index (χ0v) is 16.1. The number of thiocarbonyl (C=S) groups is 1. The van der Waals surface area contributed by atoms with E-state index in [0.29, 0.717) is 55.6 Å². The summed E-state index contributed by atoms with van der Waals surface area (Å²) < 4.78 is 10.6. The Hall–Kier alpha value is -2.15. The molecule has 1 N–H and O–H groups in total. The van der Waals surface area contributed by atoms with Gasteiger partial charge in [0, 0.05) is 18.7 Å². The second-order valence-corrected chi connectivity index (χ2v) is 6.54.